The van der Waals surface area contributed by atoms with Crippen LogP contribution in [0.15, 0.2) is 12.1 Å². The van der Waals surface area contributed by atoms with Crippen molar-refractivity contribution in [1.82, 2.24) is 4.98 Å². The van der Waals surface area contributed by atoms with Gasteiger partial charge in [-0.3, -0.25) is 0 Å². The SMILES string of the molecule is CCCNc1cc(C(F)(F)F)cc(NC2CCOC2)n1. The molecule has 7 heteroatoms. The van der Waals surface area contributed by atoms with Gasteiger partial charge in [0, 0.05) is 13.2 Å². The van der Waals surface area contributed by atoms with Crippen molar-refractivity contribution in [2.24, 2.45) is 0 Å². The molecular weight excluding hydrogens is 271 g/mol. The van der Waals surface area contributed by atoms with Crippen LogP contribution in [0.3, 0.4) is 0 Å². The number of ether oxygens (including phenoxy) is 1. The van der Waals surface area contributed by atoms with E-state index >= 15 is 0 Å². The van der Waals surface area contributed by atoms with Gasteiger partial charge >= 0.3 is 6.18 Å². The number of pyridine rings is 1. The van der Waals surface area contributed by atoms with E-state index in [1.807, 2.05) is 6.92 Å². The largest absolute Gasteiger partial charge is 0.416 e. The summed E-state index contributed by atoms with van der Waals surface area (Å²) in [5.41, 5.74) is -0.701. The average Bonchev–Trinajstić information content (AvgIpc) is 2.88. The minimum Gasteiger partial charge on any atom is -0.379 e. The Morgan fingerprint density at radius 2 is 2.10 bits per heavy atom. The second kappa shape index (κ2) is 6.30. The van der Waals surface area contributed by atoms with Crippen molar-refractivity contribution in [3.63, 3.8) is 0 Å². The fourth-order valence-electron chi connectivity index (χ4n) is 1.97. The van der Waals surface area contributed by atoms with Gasteiger partial charge in [0.1, 0.15) is 11.6 Å². The monoisotopic (exact) mass is 289 g/mol. The van der Waals surface area contributed by atoms with Gasteiger partial charge in [0.05, 0.1) is 18.2 Å². The standard InChI is InChI=1S/C13H18F3N3O/c1-2-4-17-11-6-9(13(14,15)16)7-12(19-11)18-10-3-5-20-8-10/h6-7,10H,2-5,8H2,1H3,(H2,17,18,19). The van der Waals surface area contributed by atoms with Gasteiger partial charge in [-0.25, -0.2) is 4.98 Å². The lowest BCUT2D eigenvalue weighted by Crippen LogP contribution is -2.21. The molecule has 20 heavy (non-hydrogen) atoms. The Morgan fingerprint density at radius 3 is 2.70 bits per heavy atom. The van der Waals surface area contributed by atoms with Gasteiger partial charge in [-0.1, -0.05) is 6.92 Å². The Labute approximate surface area is 115 Å². The van der Waals surface area contributed by atoms with Crippen molar-refractivity contribution in [3.8, 4) is 0 Å². The zero-order chi connectivity index (χ0) is 14.6. The van der Waals surface area contributed by atoms with Crippen LogP contribution >= 0.6 is 0 Å². The van der Waals surface area contributed by atoms with Crippen molar-refractivity contribution >= 4 is 11.6 Å². The topological polar surface area (TPSA) is 46.2 Å². The predicted molar refractivity (Wildman–Crippen MR) is 70.9 cm³/mol. The Balaban J connectivity index is 2.19. The first-order valence-electron chi connectivity index (χ1n) is 6.66. The summed E-state index contributed by atoms with van der Waals surface area (Å²) in [7, 11) is 0. The summed E-state index contributed by atoms with van der Waals surface area (Å²) in [5, 5.41) is 5.88. The summed E-state index contributed by atoms with van der Waals surface area (Å²) in [4.78, 5) is 4.17. The first kappa shape index (κ1) is 14.9. The fourth-order valence-corrected chi connectivity index (χ4v) is 1.97. The third-order valence-corrected chi connectivity index (χ3v) is 2.99. The number of nitrogens with zero attached hydrogens (tertiary/aromatic N) is 1. The lowest BCUT2D eigenvalue weighted by atomic mass is 10.2. The van der Waals surface area contributed by atoms with Crippen molar-refractivity contribution < 1.29 is 17.9 Å². The van der Waals surface area contributed by atoms with Gasteiger partial charge in [0.25, 0.3) is 0 Å². The second-order valence-electron chi connectivity index (χ2n) is 4.76. The van der Waals surface area contributed by atoms with Crippen molar-refractivity contribution in [3.05, 3.63) is 17.7 Å². The fraction of sp³-hybridized carbons (Fsp3) is 0.615. The smallest absolute Gasteiger partial charge is 0.379 e. The van der Waals surface area contributed by atoms with Crippen LogP contribution in [0.2, 0.25) is 0 Å². The van der Waals surface area contributed by atoms with Gasteiger partial charge in [-0.15, -0.1) is 0 Å². The van der Waals surface area contributed by atoms with Crippen LogP contribution in [0.25, 0.3) is 0 Å². The van der Waals surface area contributed by atoms with Crippen LogP contribution in [0, 0.1) is 0 Å². The quantitative estimate of drug-likeness (QED) is 0.874. The summed E-state index contributed by atoms with van der Waals surface area (Å²) in [6.07, 6.45) is -2.79. The zero-order valence-electron chi connectivity index (χ0n) is 11.3. The average molecular weight is 289 g/mol. The number of nitrogens with one attached hydrogen (secondary N) is 2. The van der Waals surface area contributed by atoms with Crippen molar-refractivity contribution in [1.29, 1.82) is 0 Å². The molecule has 1 atom stereocenters. The van der Waals surface area contributed by atoms with Crippen molar-refractivity contribution in [2.75, 3.05) is 30.4 Å². The van der Waals surface area contributed by atoms with Crippen LogP contribution in [-0.4, -0.2) is 30.8 Å². The van der Waals surface area contributed by atoms with Crippen LogP contribution < -0.4 is 10.6 Å². The van der Waals surface area contributed by atoms with Gasteiger partial charge in [0.2, 0.25) is 0 Å². The maximum absolute atomic E-state index is 12.9. The number of anilines is 2. The molecule has 1 aliphatic rings. The molecule has 112 valence electrons. The highest BCUT2D eigenvalue weighted by molar-refractivity contribution is 5.50. The van der Waals surface area contributed by atoms with Crippen LogP contribution in [0.1, 0.15) is 25.3 Å². The highest BCUT2D eigenvalue weighted by Gasteiger charge is 2.32. The van der Waals surface area contributed by atoms with E-state index in [-0.39, 0.29) is 17.7 Å². The molecule has 2 rings (SSSR count). The van der Waals surface area contributed by atoms with Gasteiger partial charge in [-0.05, 0) is 25.0 Å². The normalized spacial score (nSPS) is 19.1. The molecule has 0 radical (unpaired) electrons. The number of aromatic nitrogens is 1. The molecule has 4 nitrogen and oxygen atoms in total. The minimum atomic E-state index is -4.38. The summed E-state index contributed by atoms with van der Waals surface area (Å²) < 4.78 is 43.8. The van der Waals surface area contributed by atoms with E-state index in [9.17, 15) is 13.2 Å². The minimum absolute atomic E-state index is 0.0185. The molecule has 0 spiro atoms. The molecule has 2 N–H and O–H groups in total. The molecule has 0 amide bonds. The van der Waals surface area contributed by atoms with E-state index in [2.05, 4.69) is 15.6 Å². The third kappa shape index (κ3) is 4.00. The maximum Gasteiger partial charge on any atom is 0.416 e. The lowest BCUT2D eigenvalue weighted by molar-refractivity contribution is -0.137. The maximum atomic E-state index is 12.9. The Bertz CT molecular complexity index is 445. The molecule has 0 aliphatic carbocycles. The zero-order valence-corrected chi connectivity index (χ0v) is 11.3. The molecular formula is C13H18F3N3O. The molecule has 1 unspecified atom stereocenters. The molecule has 1 aromatic rings. The Kier molecular flexibility index (Phi) is 4.69. The summed E-state index contributed by atoms with van der Waals surface area (Å²) in [6.45, 7) is 3.64. The highest BCUT2D eigenvalue weighted by Crippen LogP contribution is 2.32. The molecule has 1 aliphatic heterocycles. The number of hydrogen-bond donors (Lipinski definition) is 2. The number of halogens is 3. The number of rotatable bonds is 5. The first-order chi connectivity index (χ1) is 9.49. The number of alkyl halides is 3. The van der Waals surface area contributed by atoms with E-state index in [4.69, 9.17) is 4.74 Å². The Morgan fingerprint density at radius 1 is 1.35 bits per heavy atom. The molecule has 0 saturated carbocycles. The molecule has 1 fully saturated rings. The van der Waals surface area contributed by atoms with Crippen LogP contribution in [-0.2, 0) is 10.9 Å². The Hall–Kier alpha value is -1.50. The summed E-state index contributed by atoms with van der Waals surface area (Å²) >= 11 is 0. The van der Waals surface area contributed by atoms with E-state index in [0.29, 0.717) is 19.8 Å². The van der Waals surface area contributed by atoms with E-state index in [1.54, 1.807) is 0 Å². The molecule has 0 aromatic carbocycles. The van der Waals surface area contributed by atoms with E-state index in [0.717, 1.165) is 25.0 Å². The van der Waals surface area contributed by atoms with Gasteiger partial charge in [0.15, 0.2) is 0 Å². The predicted octanol–water partition coefficient (Wildman–Crippen LogP) is 3.12. The summed E-state index contributed by atoms with van der Waals surface area (Å²) in [5.74, 6) is 0.469. The molecule has 1 aromatic heterocycles. The summed E-state index contributed by atoms with van der Waals surface area (Å²) in [6, 6.07) is 2.09. The van der Waals surface area contributed by atoms with Crippen LogP contribution in [0.4, 0.5) is 24.8 Å². The highest BCUT2D eigenvalue weighted by atomic mass is 19.4. The van der Waals surface area contributed by atoms with Gasteiger partial charge in [-0.2, -0.15) is 13.2 Å². The third-order valence-electron chi connectivity index (χ3n) is 2.99. The lowest BCUT2D eigenvalue weighted by Gasteiger charge is -2.16. The molecule has 0 bridgehead atoms. The number of hydrogen-bond acceptors (Lipinski definition) is 4. The first-order valence-corrected chi connectivity index (χ1v) is 6.66. The molecule has 1 saturated heterocycles. The van der Waals surface area contributed by atoms with E-state index in [1.165, 1.54) is 0 Å². The van der Waals surface area contributed by atoms with E-state index < -0.39 is 11.7 Å². The molecule has 2 heterocycles. The van der Waals surface area contributed by atoms with Gasteiger partial charge < -0.3 is 15.4 Å². The van der Waals surface area contributed by atoms with Crippen LogP contribution in [0.5, 0.6) is 0 Å². The second-order valence-corrected chi connectivity index (χ2v) is 4.76. The van der Waals surface area contributed by atoms with Crippen molar-refractivity contribution in [2.45, 2.75) is 32.0 Å².